The molecule has 2 rings (SSSR count). The number of aryl methyl sites for hydroxylation is 1. The fourth-order valence-electron chi connectivity index (χ4n) is 1.70. The maximum atomic E-state index is 13.1. The third-order valence-corrected chi connectivity index (χ3v) is 2.64. The molecule has 0 fully saturated rings. The Kier molecular flexibility index (Phi) is 2.91. The summed E-state index contributed by atoms with van der Waals surface area (Å²) in [5.41, 5.74) is 2.77. The van der Waals surface area contributed by atoms with Crippen LogP contribution >= 0.6 is 0 Å². The molecule has 17 heavy (non-hydrogen) atoms. The SMILES string of the molecule is Cc1ccc(F)cc1-c1ccc(C(=O)O)cc1. The molecule has 0 unspecified atom stereocenters. The second-order valence-corrected chi connectivity index (χ2v) is 3.84. The first-order valence-corrected chi connectivity index (χ1v) is 5.18. The summed E-state index contributed by atoms with van der Waals surface area (Å²) in [4.78, 5) is 10.7. The lowest BCUT2D eigenvalue weighted by Crippen LogP contribution is -1.95. The second kappa shape index (κ2) is 4.37. The second-order valence-electron chi connectivity index (χ2n) is 3.84. The fourth-order valence-corrected chi connectivity index (χ4v) is 1.70. The number of aromatic carboxylic acids is 1. The van der Waals surface area contributed by atoms with Gasteiger partial charge in [0.15, 0.2) is 0 Å². The molecule has 2 aromatic rings. The van der Waals surface area contributed by atoms with Crippen molar-refractivity contribution in [2.45, 2.75) is 6.92 Å². The molecule has 0 heterocycles. The summed E-state index contributed by atoms with van der Waals surface area (Å²) in [6, 6.07) is 11.0. The maximum absolute atomic E-state index is 13.1. The van der Waals surface area contributed by atoms with E-state index in [0.29, 0.717) is 0 Å². The summed E-state index contributed by atoms with van der Waals surface area (Å²) in [5.74, 6) is -1.26. The zero-order valence-corrected chi connectivity index (χ0v) is 9.27. The topological polar surface area (TPSA) is 37.3 Å². The number of carboxylic acid groups (broad SMARTS) is 1. The molecule has 2 nitrogen and oxygen atoms in total. The lowest BCUT2D eigenvalue weighted by Gasteiger charge is -2.06. The first-order chi connectivity index (χ1) is 8.08. The summed E-state index contributed by atoms with van der Waals surface area (Å²) in [7, 11) is 0. The molecular weight excluding hydrogens is 219 g/mol. The van der Waals surface area contributed by atoms with Crippen molar-refractivity contribution in [3.63, 3.8) is 0 Å². The molecule has 0 aliphatic carbocycles. The lowest BCUT2D eigenvalue weighted by molar-refractivity contribution is 0.0697. The minimum Gasteiger partial charge on any atom is -0.478 e. The smallest absolute Gasteiger partial charge is 0.335 e. The van der Waals surface area contributed by atoms with Crippen LogP contribution in [0.2, 0.25) is 0 Å². The van der Waals surface area contributed by atoms with Crippen molar-refractivity contribution < 1.29 is 14.3 Å². The van der Waals surface area contributed by atoms with Crippen LogP contribution in [0.25, 0.3) is 11.1 Å². The highest BCUT2D eigenvalue weighted by atomic mass is 19.1. The van der Waals surface area contributed by atoms with Gasteiger partial charge in [0, 0.05) is 0 Å². The predicted octanol–water partition coefficient (Wildman–Crippen LogP) is 3.50. The average Bonchev–Trinajstić information content (AvgIpc) is 2.32. The fraction of sp³-hybridized carbons (Fsp3) is 0.0714. The van der Waals surface area contributed by atoms with Crippen molar-refractivity contribution in [2.75, 3.05) is 0 Å². The molecule has 0 aliphatic rings. The van der Waals surface area contributed by atoms with Gasteiger partial charge in [0.1, 0.15) is 5.82 Å². The number of rotatable bonds is 2. The van der Waals surface area contributed by atoms with E-state index in [2.05, 4.69) is 0 Å². The average molecular weight is 230 g/mol. The zero-order valence-electron chi connectivity index (χ0n) is 9.27. The van der Waals surface area contributed by atoms with Crippen molar-refractivity contribution in [2.24, 2.45) is 0 Å². The van der Waals surface area contributed by atoms with Gasteiger partial charge in [-0.1, -0.05) is 18.2 Å². The third-order valence-electron chi connectivity index (χ3n) is 2.64. The largest absolute Gasteiger partial charge is 0.478 e. The number of carbonyl (C=O) groups is 1. The standard InChI is InChI=1S/C14H11FO2/c1-9-2-7-12(15)8-13(9)10-3-5-11(6-4-10)14(16)17/h2-8H,1H3,(H,16,17). The molecule has 1 N–H and O–H groups in total. The molecule has 0 spiro atoms. The van der Waals surface area contributed by atoms with Gasteiger partial charge in [-0.15, -0.1) is 0 Å². The van der Waals surface area contributed by atoms with E-state index in [1.807, 2.05) is 6.92 Å². The molecule has 0 saturated heterocycles. The van der Waals surface area contributed by atoms with E-state index in [4.69, 9.17) is 5.11 Å². The van der Waals surface area contributed by atoms with Crippen molar-refractivity contribution >= 4 is 5.97 Å². The first kappa shape index (κ1) is 11.3. The van der Waals surface area contributed by atoms with Crippen molar-refractivity contribution in [1.29, 1.82) is 0 Å². The Morgan fingerprint density at radius 2 is 1.76 bits per heavy atom. The van der Waals surface area contributed by atoms with Crippen LogP contribution in [-0.4, -0.2) is 11.1 Å². The van der Waals surface area contributed by atoms with Gasteiger partial charge in [-0.3, -0.25) is 0 Å². The Bertz CT molecular complexity index is 559. The highest BCUT2D eigenvalue weighted by Crippen LogP contribution is 2.24. The van der Waals surface area contributed by atoms with Crippen molar-refractivity contribution in [3.05, 3.63) is 59.4 Å². The first-order valence-electron chi connectivity index (χ1n) is 5.18. The van der Waals surface area contributed by atoms with Gasteiger partial charge in [-0.2, -0.15) is 0 Å². The molecule has 0 aliphatic heterocycles. The van der Waals surface area contributed by atoms with Gasteiger partial charge in [-0.25, -0.2) is 9.18 Å². The Hall–Kier alpha value is -2.16. The molecule has 0 radical (unpaired) electrons. The van der Waals surface area contributed by atoms with Crippen LogP contribution < -0.4 is 0 Å². The summed E-state index contributed by atoms with van der Waals surface area (Å²) >= 11 is 0. The Morgan fingerprint density at radius 1 is 1.12 bits per heavy atom. The Morgan fingerprint density at radius 3 is 2.35 bits per heavy atom. The van der Waals surface area contributed by atoms with E-state index in [-0.39, 0.29) is 11.4 Å². The number of halogens is 1. The third kappa shape index (κ3) is 2.33. The van der Waals surface area contributed by atoms with Crippen LogP contribution in [0.15, 0.2) is 42.5 Å². The summed E-state index contributed by atoms with van der Waals surface area (Å²) in [6.07, 6.45) is 0. The Balaban J connectivity index is 2.46. The van der Waals surface area contributed by atoms with E-state index in [1.165, 1.54) is 24.3 Å². The molecule has 0 saturated carbocycles. The number of benzene rings is 2. The molecule has 0 atom stereocenters. The van der Waals surface area contributed by atoms with Crippen LogP contribution in [0.5, 0.6) is 0 Å². The Labute approximate surface area is 98.3 Å². The van der Waals surface area contributed by atoms with Gasteiger partial charge < -0.3 is 5.11 Å². The maximum Gasteiger partial charge on any atom is 0.335 e. The summed E-state index contributed by atoms with van der Waals surface area (Å²) in [6.45, 7) is 1.89. The van der Waals surface area contributed by atoms with Crippen LogP contribution in [0, 0.1) is 12.7 Å². The molecule has 2 aromatic carbocycles. The molecule has 0 amide bonds. The van der Waals surface area contributed by atoms with Gasteiger partial charge in [0.2, 0.25) is 0 Å². The highest BCUT2D eigenvalue weighted by Gasteiger charge is 2.06. The summed E-state index contributed by atoms with van der Waals surface area (Å²) < 4.78 is 13.1. The minimum atomic E-state index is -0.965. The van der Waals surface area contributed by atoms with Gasteiger partial charge in [-0.05, 0) is 47.9 Å². The van der Waals surface area contributed by atoms with Gasteiger partial charge >= 0.3 is 5.97 Å². The van der Waals surface area contributed by atoms with Crippen molar-refractivity contribution in [1.82, 2.24) is 0 Å². The van der Waals surface area contributed by atoms with Gasteiger partial charge in [0.05, 0.1) is 5.56 Å². The minimum absolute atomic E-state index is 0.225. The van der Waals surface area contributed by atoms with Crippen LogP contribution in [0.4, 0.5) is 4.39 Å². The monoisotopic (exact) mass is 230 g/mol. The molecule has 86 valence electrons. The lowest BCUT2D eigenvalue weighted by atomic mass is 9.99. The van der Waals surface area contributed by atoms with Crippen molar-refractivity contribution in [3.8, 4) is 11.1 Å². The van der Waals surface area contributed by atoms with E-state index in [0.717, 1.165) is 16.7 Å². The predicted molar refractivity (Wildman–Crippen MR) is 63.5 cm³/mol. The van der Waals surface area contributed by atoms with Crippen LogP contribution in [0.1, 0.15) is 15.9 Å². The molecular formula is C14H11FO2. The summed E-state index contributed by atoms with van der Waals surface area (Å²) in [5, 5.41) is 8.78. The number of carboxylic acids is 1. The van der Waals surface area contributed by atoms with Crippen LogP contribution in [-0.2, 0) is 0 Å². The van der Waals surface area contributed by atoms with E-state index < -0.39 is 5.97 Å². The van der Waals surface area contributed by atoms with E-state index >= 15 is 0 Å². The molecule has 0 bridgehead atoms. The van der Waals surface area contributed by atoms with Gasteiger partial charge in [0.25, 0.3) is 0 Å². The highest BCUT2D eigenvalue weighted by molar-refractivity contribution is 5.88. The zero-order chi connectivity index (χ0) is 12.4. The van der Waals surface area contributed by atoms with Crippen LogP contribution in [0.3, 0.4) is 0 Å². The normalized spacial score (nSPS) is 10.2. The van der Waals surface area contributed by atoms with E-state index in [9.17, 15) is 9.18 Å². The number of hydrogen-bond acceptors (Lipinski definition) is 1. The quantitative estimate of drug-likeness (QED) is 0.857. The van der Waals surface area contributed by atoms with E-state index in [1.54, 1.807) is 18.2 Å². The molecule has 0 aromatic heterocycles. The number of hydrogen-bond donors (Lipinski definition) is 1. The molecule has 3 heteroatoms.